The Morgan fingerprint density at radius 2 is 0.556 bits per heavy atom. The Bertz CT molecular complexity index is 2250. The normalized spacial score (nSPS) is 12.1. The predicted octanol–water partition coefficient (Wildman–Crippen LogP) is 4.20. The molecule has 0 N–H and O–H groups in total. The Morgan fingerprint density at radius 3 is 0.741 bits per heavy atom. The first-order valence-electron chi connectivity index (χ1n) is 15.9. The highest BCUT2D eigenvalue weighted by atomic mass is 16.7. The summed E-state index contributed by atoms with van der Waals surface area (Å²) in [6, 6.07) is 12.2. The van der Waals surface area contributed by atoms with Gasteiger partial charge in [-0.2, -0.15) is 0 Å². The molecule has 3 aliphatic rings. The van der Waals surface area contributed by atoms with E-state index in [1.807, 2.05) is 0 Å². The molecule has 0 aromatic heterocycles. The lowest BCUT2D eigenvalue weighted by Crippen LogP contribution is -2.13. The Hall–Kier alpha value is -7.80. The van der Waals surface area contributed by atoms with Crippen LogP contribution in [0, 0.1) is 47.4 Å². The van der Waals surface area contributed by atoms with Crippen LogP contribution in [-0.2, 0) is 18.9 Å². The van der Waals surface area contributed by atoms with Gasteiger partial charge in [-0.15, -0.1) is 0 Å². The highest BCUT2D eigenvalue weighted by Crippen LogP contribution is 2.36. The van der Waals surface area contributed by atoms with Crippen molar-refractivity contribution in [2.45, 2.75) is 0 Å². The Labute approximate surface area is 308 Å². The van der Waals surface area contributed by atoms with Gasteiger partial charge in [0.15, 0.2) is 23.0 Å². The second-order valence-electron chi connectivity index (χ2n) is 11.4. The van der Waals surface area contributed by atoms with E-state index in [9.17, 15) is 19.2 Å². The summed E-state index contributed by atoms with van der Waals surface area (Å²) in [6.07, 6.45) is 0. The molecule has 12 nitrogen and oxygen atoms in total. The number of fused-ring (bicyclic) bond motifs is 6. The Morgan fingerprint density at radius 1 is 0.370 bits per heavy atom. The number of hydrogen-bond acceptors (Lipinski definition) is 12. The van der Waals surface area contributed by atoms with E-state index in [1.54, 1.807) is 24.3 Å². The number of ether oxygens (including phenoxy) is 8. The van der Waals surface area contributed by atoms with Crippen LogP contribution in [0.4, 0.5) is 0 Å². The monoisotopic (exact) mass is 720 g/mol. The fourth-order valence-electron chi connectivity index (χ4n) is 5.56. The second-order valence-corrected chi connectivity index (χ2v) is 11.4. The molecule has 54 heavy (non-hydrogen) atoms. The van der Waals surface area contributed by atoms with Crippen LogP contribution in [0.3, 0.4) is 0 Å². The number of rotatable bonds is 4. The van der Waals surface area contributed by atoms with Crippen molar-refractivity contribution in [3.8, 4) is 70.4 Å². The zero-order chi connectivity index (χ0) is 37.9. The van der Waals surface area contributed by atoms with Crippen LogP contribution in [0.1, 0.15) is 85.9 Å². The molecule has 0 fully saturated rings. The first kappa shape index (κ1) is 34.6. The summed E-state index contributed by atoms with van der Waals surface area (Å²) in [5.74, 6) is 23.3. The third-order valence-corrected chi connectivity index (χ3v) is 8.29. The van der Waals surface area contributed by atoms with Crippen molar-refractivity contribution >= 4 is 23.9 Å². The SMILES string of the molecule is COC(=O)c1cc2c(cc1C(=O)OC)C#Cc1cc3c(cc1C#Cc1cc(C(=O)OC)c(C(=O)OC)cc1C#Cc1cc4c(cc1C#C2)OCO4)OCO3. The zero-order valence-corrected chi connectivity index (χ0v) is 28.9. The van der Waals surface area contributed by atoms with Crippen molar-refractivity contribution in [1.29, 1.82) is 0 Å². The van der Waals surface area contributed by atoms with Crippen molar-refractivity contribution in [2.24, 2.45) is 0 Å². The lowest BCUT2D eigenvalue weighted by molar-refractivity contribution is 0.0555. The Kier molecular flexibility index (Phi) is 9.26. The summed E-state index contributed by atoms with van der Waals surface area (Å²) < 4.78 is 42.3. The van der Waals surface area contributed by atoms with Crippen LogP contribution < -0.4 is 18.9 Å². The molecule has 4 aromatic carbocycles. The fraction of sp³-hybridized carbons (Fsp3) is 0.143. The minimum atomic E-state index is -0.789. The van der Waals surface area contributed by atoms with E-state index in [4.69, 9.17) is 37.9 Å². The smallest absolute Gasteiger partial charge is 0.338 e. The third-order valence-electron chi connectivity index (χ3n) is 8.29. The standard InChI is InChI=1S/C42H24O12/c1-47-39(43)31-13-23-5-9-27-17-35-37(53-21-51-35)19-29(27)11-7-25-15-33(41(45)49-3)34(42(46)50-4)16-26(25)8-12-30-20-38-36(52-22-54-38)18-28(30)10-6-24(23)14-32(31)40(44)48-2/h13-20H,21-22H2,1-4H3. The molecule has 1 aliphatic carbocycles. The van der Waals surface area contributed by atoms with Gasteiger partial charge >= 0.3 is 23.9 Å². The van der Waals surface area contributed by atoms with Crippen LogP contribution in [0.2, 0.25) is 0 Å². The minimum absolute atomic E-state index is 0.0203. The van der Waals surface area contributed by atoms with E-state index < -0.39 is 23.9 Å². The van der Waals surface area contributed by atoms with Gasteiger partial charge in [-0.3, -0.25) is 0 Å². The molecule has 4 aromatic rings. The summed E-state index contributed by atoms with van der Waals surface area (Å²) in [5, 5.41) is 0. The lowest BCUT2D eigenvalue weighted by Gasteiger charge is -2.10. The molecule has 0 radical (unpaired) electrons. The van der Waals surface area contributed by atoms with E-state index in [0.717, 1.165) is 0 Å². The molecule has 2 aliphatic heterocycles. The number of carbonyl (C=O) groups is 4. The van der Waals surface area contributed by atoms with Gasteiger partial charge in [0.2, 0.25) is 13.6 Å². The minimum Gasteiger partial charge on any atom is -0.465 e. The molecule has 12 heteroatoms. The van der Waals surface area contributed by atoms with E-state index in [2.05, 4.69) is 47.4 Å². The van der Waals surface area contributed by atoms with Crippen LogP contribution in [0.15, 0.2) is 48.5 Å². The van der Waals surface area contributed by atoms with Crippen LogP contribution in [0.25, 0.3) is 0 Å². The number of carbonyl (C=O) groups excluding carboxylic acids is 4. The van der Waals surface area contributed by atoms with Gasteiger partial charge in [-0.1, -0.05) is 47.4 Å². The molecule has 0 atom stereocenters. The summed E-state index contributed by atoms with van der Waals surface area (Å²) >= 11 is 0. The maximum Gasteiger partial charge on any atom is 0.338 e. The highest BCUT2D eigenvalue weighted by molar-refractivity contribution is 6.05. The third kappa shape index (κ3) is 6.55. The number of benzene rings is 4. The quantitative estimate of drug-likeness (QED) is 0.149. The highest BCUT2D eigenvalue weighted by Gasteiger charge is 2.24. The van der Waals surface area contributed by atoms with E-state index in [-0.39, 0.29) is 58.1 Å². The van der Waals surface area contributed by atoms with Crippen LogP contribution in [0.5, 0.6) is 23.0 Å². The van der Waals surface area contributed by atoms with Crippen molar-refractivity contribution in [3.63, 3.8) is 0 Å². The fourth-order valence-corrected chi connectivity index (χ4v) is 5.56. The molecule has 264 valence electrons. The number of esters is 4. The summed E-state index contributed by atoms with van der Waals surface area (Å²) in [4.78, 5) is 51.5. The van der Waals surface area contributed by atoms with Gasteiger partial charge in [0.1, 0.15) is 0 Å². The maximum absolute atomic E-state index is 12.9. The molecule has 0 saturated carbocycles. The Balaban J connectivity index is 1.55. The molecule has 0 amide bonds. The molecule has 2 heterocycles. The second kappa shape index (κ2) is 14.4. The van der Waals surface area contributed by atoms with Gasteiger partial charge in [0.05, 0.1) is 50.7 Å². The van der Waals surface area contributed by atoms with Crippen molar-refractivity contribution in [2.75, 3.05) is 42.0 Å². The number of hydrogen-bond donors (Lipinski definition) is 0. The molecule has 0 saturated heterocycles. The van der Waals surface area contributed by atoms with Crippen LogP contribution in [-0.4, -0.2) is 65.9 Å². The molecular formula is C42H24O12. The summed E-state index contributed by atoms with van der Waals surface area (Å²) in [7, 11) is 4.76. The largest absolute Gasteiger partial charge is 0.465 e. The van der Waals surface area contributed by atoms with Gasteiger partial charge in [-0.05, 0) is 24.3 Å². The van der Waals surface area contributed by atoms with Crippen molar-refractivity contribution in [1.82, 2.24) is 0 Å². The molecule has 7 rings (SSSR count). The maximum atomic E-state index is 12.9. The van der Waals surface area contributed by atoms with Gasteiger partial charge in [0.25, 0.3) is 0 Å². The summed E-state index contributed by atoms with van der Waals surface area (Å²) in [6.45, 7) is -0.0405. The lowest BCUT2D eigenvalue weighted by atomic mass is 9.96. The molecule has 0 bridgehead atoms. The van der Waals surface area contributed by atoms with Crippen molar-refractivity contribution < 1.29 is 57.1 Å². The molecule has 0 spiro atoms. The van der Waals surface area contributed by atoms with Gasteiger partial charge in [0, 0.05) is 68.8 Å². The number of methoxy groups -OCH3 is 4. The topological polar surface area (TPSA) is 142 Å². The van der Waals surface area contributed by atoms with Crippen LogP contribution >= 0.6 is 0 Å². The van der Waals surface area contributed by atoms with E-state index >= 15 is 0 Å². The average Bonchev–Trinajstić information content (AvgIpc) is 3.87. The van der Waals surface area contributed by atoms with E-state index in [1.165, 1.54) is 52.7 Å². The van der Waals surface area contributed by atoms with Gasteiger partial charge in [-0.25, -0.2) is 19.2 Å². The first-order chi connectivity index (χ1) is 26.2. The first-order valence-corrected chi connectivity index (χ1v) is 15.9. The zero-order valence-electron chi connectivity index (χ0n) is 28.9. The van der Waals surface area contributed by atoms with E-state index in [0.29, 0.717) is 45.3 Å². The molecule has 0 unspecified atom stereocenters. The average molecular weight is 721 g/mol. The molecular weight excluding hydrogens is 696 g/mol. The van der Waals surface area contributed by atoms with Gasteiger partial charge < -0.3 is 37.9 Å². The predicted molar refractivity (Wildman–Crippen MR) is 187 cm³/mol. The summed E-state index contributed by atoms with van der Waals surface area (Å²) in [5.41, 5.74) is 2.37. The van der Waals surface area contributed by atoms with Crippen molar-refractivity contribution in [3.05, 3.63) is 115 Å².